The van der Waals surface area contributed by atoms with Gasteiger partial charge in [-0.05, 0) is 50.1 Å². The number of nitrogens with zero attached hydrogens (tertiary/aromatic N) is 2. The van der Waals surface area contributed by atoms with E-state index < -0.39 is 0 Å². The van der Waals surface area contributed by atoms with Crippen LogP contribution in [0.2, 0.25) is 0 Å². The minimum absolute atomic E-state index is 0.0941. The van der Waals surface area contributed by atoms with Gasteiger partial charge in [-0.3, -0.25) is 14.3 Å². The van der Waals surface area contributed by atoms with E-state index in [2.05, 4.69) is 9.88 Å². The second kappa shape index (κ2) is 7.16. The molecule has 0 saturated carbocycles. The Kier molecular flexibility index (Phi) is 4.68. The molecule has 146 valence electrons. The van der Waals surface area contributed by atoms with Gasteiger partial charge in [0.05, 0.1) is 17.1 Å². The summed E-state index contributed by atoms with van der Waals surface area (Å²) in [6.07, 6.45) is 1.56. The molecule has 4 rings (SSSR count). The summed E-state index contributed by atoms with van der Waals surface area (Å²) in [5, 5.41) is 19.1. The topological polar surface area (TPSA) is 98.6 Å². The molecule has 0 amide bonds. The molecule has 2 heterocycles. The maximum Gasteiger partial charge on any atom is 0.326 e. The van der Waals surface area contributed by atoms with Crippen LogP contribution in [0.4, 0.5) is 0 Å². The van der Waals surface area contributed by atoms with Crippen molar-refractivity contribution in [3.8, 4) is 11.5 Å². The number of rotatable bonds is 4. The zero-order chi connectivity index (χ0) is 19.8. The van der Waals surface area contributed by atoms with E-state index in [1.54, 1.807) is 0 Å². The number of Topliss-reactive ketones (excluding diaryl/α,β-unsaturated/α-hetero) is 1. The number of piperidine rings is 1. The lowest BCUT2D eigenvalue weighted by atomic mass is 9.98. The van der Waals surface area contributed by atoms with Crippen LogP contribution in [0, 0.1) is 0 Å². The van der Waals surface area contributed by atoms with Gasteiger partial charge >= 0.3 is 5.69 Å². The fourth-order valence-electron chi connectivity index (χ4n) is 4.05. The molecule has 1 unspecified atom stereocenters. The minimum Gasteiger partial charge on any atom is -0.504 e. The number of phenols is 2. The van der Waals surface area contributed by atoms with E-state index in [4.69, 9.17) is 0 Å². The number of likely N-dealkylation sites (tertiary alicyclic amines) is 1. The van der Waals surface area contributed by atoms with E-state index in [0.29, 0.717) is 18.7 Å². The van der Waals surface area contributed by atoms with Crippen molar-refractivity contribution in [1.82, 2.24) is 14.5 Å². The summed E-state index contributed by atoms with van der Waals surface area (Å²) in [5.41, 5.74) is 2.03. The third kappa shape index (κ3) is 3.18. The van der Waals surface area contributed by atoms with E-state index >= 15 is 0 Å². The number of H-pyrrole nitrogens is 1. The molecule has 7 heteroatoms. The van der Waals surface area contributed by atoms with Crippen LogP contribution in [0.15, 0.2) is 47.3 Å². The Morgan fingerprint density at radius 2 is 1.82 bits per heavy atom. The van der Waals surface area contributed by atoms with Gasteiger partial charge in [0.25, 0.3) is 0 Å². The molecule has 28 heavy (non-hydrogen) atoms. The van der Waals surface area contributed by atoms with Crippen molar-refractivity contribution in [2.75, 3.05) is 13.1 Å². The van der Waals surface area contributed by atoms with Crippen molar-refractivity contribution in [2.45, 2.75) is 31.8 Å². The number of carbonyl (C=O) groups is 1. The molecule has 0 radical (unpaired) electrons. The van der Waals surface area contributed by atoms with Gasteiger partial charge < -0.3 is 15.2 Å². The average molecular weight is 381 g/mol. The molecule has 3 N–H and O–H groups in total. The number of nitrogens with one attached hydrogen (secondary N) is 1. The molecule has 1 fully saturated rings. The molecule has 1 saturated heterocycles. The van der Waals surface area contributed by atoms with Crippen LogP contribution in [0.5, 0.6) is 11.5 Å². The number of imidazole rings is 1. The first-order valence-corrected chi connectivity index (χ1v) is 9.45. The van der Waals surface area contributed by atoms with Crippen molar-refractivity contribution in [2.24, 2.45) is 0 Å². The standard InChI is InChI=1S/C21H23N3O4/c1-13(20(27)14-6-7-18(25)19(26)12-14)23-10-8-15(9-11-23)24-17-5-3-2-4-16(17)22-21(24)28/h2-7,12-13,15,25-26H,8-11H2,1H3,(H,22,28). The van der Waals surface area contributed by atoms with Crippen LogP contribution in [0.3, 0.4) is 0 Å². The highest BCUT2D eigenvalue weighted by atomic mass is 16.3. The number of carbonyl (C=O) groups excluding carboxylic acids is 1. The maximum absolute atomic E-state index is 12.8. The summed E-state index contributed by atoms with van der Waals surface area (Å²) >= 11 is 0. The Morgan fingerprint density at radius 1 is 1.11 bits per heavy atom. The molecule has 1 atom stereocenters. The highest BCUT2D eigenvalue weighted by Crippen LogP contribution is 2.28. The first kappa shape index (κ1) is 18.3. The Labute approximate surface area is 161 Å². The highest BCUT2D eigenvalue weighted by Gasteiger charge is 2.29. The van der Waals surface area contributed by atoms with Gasteiger partial charge in [-0.1, -0.05) is 12.1 Å². The van der Waals surface area contributed by atoms with Gasteiger partial charge in [-0.15, -0.1) is 0 Å². The number of hydrogen-bond donors (Lipinski definition) is 3. The number of ketones is 1. The van der Waals surface area contributed by atoms with Gasteiger partial charge in [-0.2, -0.15) is 0 Å². The molecule has 1 aliphatic heterocycles. The molecule has 2 aromatic carbocycles. The van der Waals surface area contributed by atoms with Crippen molar-refractivity contribution >= 4 is 16.8 Å². The van der Waals surface area contributed by atoms with Crippen molar-refractivity contribution in [3.63, 3.8) is 0 Å². The molecule has 3 aromatic rings. The second-order valence-electron chi connectivity index (χ2n) is 7.33. The van der Waals surface area contributed by atoms with E-state index in [9.17, 15) is 19.8 Å². The summed E-state index contributed by atoms with van der Waals surface area (Å²) in [4.78, 5) is 30.2. The Balaban J connectivity index is 1.47. The third-order valence-electron chi connectivity index (χ3n) is 5.68. The van der Waals surface area contributed by atoms with Crippen LogP contribution in [-0.2, 0) is 0 Å². The first-order chi connectivity index (χ1) is 13.5. The second-order valence-corrected chi connectivity index (χ2v) is 7.33. The predicted octanol–water partition coefficient (Wildman–Crippen LogP) is 2.65. The summed E-state index contributed by atoms with van der Waals surface area (Å²) in [7, 11) is 0. The quantitative estimate of drug-likeness (QED) is 0.477. The van der Waals surface area contributed by atoms with Crippen LogP contribution < -0.4 is 5.69 Å². The summed E-state index contributed by atoms with van der Waals surface area (Å²) in [6, 6.07) is 11.6. The van der Waals surface area contributed by atoms with Crippen molar-refractivity contribution < 1.29 is 15.0 Å². The minimum atomic E-state index is -0.343. The molecule has 0 aliphatic carbocycles. The molecule has 1 aromatic heterocycles. The summed E-state index contributed by atoms with van der Waals surface area (Å²) < 4.78 is 1.83. The highest BCUT2D eigenvalue weighted by molar-refractivity contribution is 6.00. The summed E-state index contributed by atoms with van der Waals surface area (Å²) in [5.74, 6) is -0.636. The van der Waals surface area contributed by atoms with E-state index in [0.717, 1.165) is 23.9 Å². The predicted molar refractivity (Wildman–Crippen MR) is 106 cm³/mol. The maximum atomic E-state index is 12.8. The number of aromatic hydroxyl groups is 2. The van der Waals surface area contributed by atoms with E-state index in [1.165, 1.54) is 18.2 Å². The Bertz CT molecular complexity index is 1080. The SMILES string of the molecule is CC(C(=O)c1ccc(O)c(O)c1)N1CCC(n2c(=O)[nH]c3ccccc32)CC1. The lowest BCUT2D eigenvalue weighted by Gasteiger charge is -2.35. The smallest absolute Gasteiger partial charge is 0.326 e. The van der Waals surface area contributed by atoms with Crippen molar-refractivity contribution in [1.29, 1.82) is 0 Å². The Morgan fingerprint density at radius 3 is 2.54 bits per heavy atom. The number of benzene rings is 2. The molecule has 0 bridgehead atoms. The molecule has 0 spiro atoms. The number of phenolic OH excluding ortho intramolecular Hbond substituents is 2. The fourth-order valence-corrected chi connectivity index (χ4v) is 4.05. The number of fused-ring (bicyclic) bond motifs is 1. The fraction of sp³-hybridized carbons (Fsp3) is 0.333. The van der Waals surface area contributed by atoms with Gasteiger partial charge in [-0.25, -0.2) is 4.79 Å². The third-order valence-corrected chi connectivity index (χ3v) is 5.68. The van der Waals surface area contributed by atoms with Crippen molar-refractivity contribution in [3.05, 3.63) is 58.5 Å². The van der Waals surface area contributed by atoms with Gasteiger partial charge in [0.2, 0.25) is 0 Å². The largest absolute Gasteiger partial charge is 0.504 e. The van der Waals surface area contributed by atoms with Crippen LogP contribution in [0.1, 0.15) is 36.2 Å². The molecular weight excluding hydrogens is 358 g/mol. The summed E-state index contributed by atoms with van der Waals surface area (Å²) in [6.45, 7) is 3.26. The lowest BCUT2D eigenvalue weighted by Crippen LogP contribution is -2.45. The van der Waals surface area contributed by atoms with Gasteiger partial charge in [0.15, 0.2) is 17.3 Å². The molecule has 1 aliphatic rings. The Hall–Kier alpha value is -3.06. The molecular formula is C21H23N3O4. The van der Waals surface area contributed by atoms with E-state index in [-0.39, 0.29) is 35.1 Å². The normalized spacial score (nSPS) is 17.0. The van der Waals surface area contributed by atoms with Crippen LogP contribution in [-0.4, -0.2) is 49.6 Å². The lowest BCUT2D eigenvalue weighted by molar-refractivity contribution is 0.0775. The number of para-hydroxylation sites is 2. The zero-order valence-corrected chi connectivity index (χ0v) is 15.6. The number of aromatic amines is 1. The number of aromatic nitrogens is 2. The van der Waals surface area contributed by atoms with Gasteiger partial charge in [0, 0.05) is 24.7 Å². The number of hydrogen-bond acceptors (Lipinski definition) is 5. The zero-order valence-electron chi connectivity index (χ0n) is 15.6. The van der Waals surface area contributed by atoms with E-state index in [1.807, 2.05) is 35.8 Å². The van der Waals surface area contributed by atoms with Crippen LogP contribution >= 0.6 is 0 Å². The molecule has 7 nitrogen and oxygen atoms in total. The monoisotopic (exact) mass is 381 g/mol. The van der Waals surface area contributed by atoms with Gasteiger partial charge in [0.1, 0.15) is 0 Å². The average Bonchev–Trinajstić information content (AvgIpc) is 3.04. The van der Waals surface area contributed by atoms with Crippen LogP contribution in [0.25, 0.3) is 11.0 Å². The first-order valence-electron chi connectivity index (χ1n) is 9.45.